The smallest absolute Gasteiger partial charge is 0.141 e. The van der Waals surface area contributed by atoms with E-state index in [1.54, 1.807) is 13.2 Å². The summed E-state index contributed by atoms with van der Waals surface area (Å²) in [4.78, 5) is 0. The summed E-state index contributed by atoms with van der Waals surface area (Å²) in [6.07, 6.45) is 2.17. The predicted molar refractivity (Wildman–Crippen MR) is 69.5 cm³/mol. The van der Waals surface area contributed by atoms with Crippen molar-refractivity contribution in [1.29, 1.82) is 0 Å². The topological polar surface area (TPSA) is 21.3 Å². The van der Waals surface area contributed by atoms with Crippen LogP contribution in [0.3, 0.4) is 0 Å². The SMILES string of the molecule is COC[C@@]12CNCC[C@]1(c1ccc(F)c(Cl)c1)C2. The molecule has 2 nitrogen and oxygen atoms in total. The molecule has 1 saturated carbocycles. The van der Waals surface area contributed by atoms with Crippen molar-refractivity contribution >= 4 is 11.6 Å². The van der Waals surface area contributed by atoms with Crippen LogP contribution in [0.5, 0.6) is 0 Å². The summed E-state index contributed by atoms with van der Waals surface area (Å²) in [7, 11) is 1.74. The summed E-state index contributed by atoms with van der Waals surface area (Å²) in [5.41, 5.74) is 1.46. The monoisotopic (exact) mass is 269 g/mol. The second kappa shape index (κ2) is 4.19. The molecular formula is C14H17ClFNO. The molecule has 1 aliphatic carbocycles. The van der Waals surface area contributed by atoms with E-state index in [0.29, 0.717) is 0 Å². The lowest BCUT2D eigenvalue weighted by Gasteiger charge is -2.31. The molecule has 1 aromatic rings. The first-order chi connectivity index (χ1) is 8.63. The second-order valence-electron chi connectivity index (χ2n) is 5.53. The Labute approximate surface area is 111 Å². The van der Waals surface area contributed by atoms with Crippen LogP contribution in [0.1, 0.15) is 18.4 Å². The van der Waals surface area contributed by atoms with Gasteiger partial charge < -0.3 is 10.1 Å². The zero-order valence-corrected chi connectivity index (χ0v) is 11.2. The van der Waals surface area contributed by atoms with Crippen LogP contribution < -0.4 is 5.32 Å². The zero-order chi connectivity index (χ0) is 12.8. The average molecular weight is 270 g/mol. The van der Waals surface area contributed by atoms with E-state index >= 15 is 0 Å². The van der Waals surface area contributed by atoms with E-state index in [1.165, 1.54) is 6.07 Å². The molecule has 18 heavy (non-hydrogen) atoms. The fourth-order valence-corrected chi connectivity index (χ4v) is 3.79. The van der Waals surface area contributed by atoms with E-state index in [1.807, 2.05) is 6.07 Å². The van der Waals surface area contributed by atoms with Gasteiger partial charge >= 0.3 is 0 Å². The van der Waals surface area contributed by atoms with E-state index in [9.17, 15) is 4.39 Å². The lowest BCUT2D eigenvalue weighted by Crippen LogP contribution is -2.40. The number of rotatable bonds is 3. The van der Waals surface area contributed by atoms with E-state index in [0.717, 1.165) is 38.1 Å². The fourth-order valence-electron chi connectivity index (χ4n) is 3.61. The fraction of sp³-hybridized carbons (Fsp3) is 0.571. The molecule has 0 amide bonds. The molecule has 0 radical (unpaired) electrons. The second-order valence-corrected chi connectivity index (χ2v) is 5.94. The van der Waals surface area contributed by atoms with Crippen LogP contribution in [0.25, 0.3) is 0 Å². The first-order valence-corrected chi connectivity index (χ1v) is 6.67. The number of ether oxygens (including phenoxy) is 1. The van der Waals surface area contributed by atoms with Crippen molar-refractivity contribution in [3.05, 3.63) is 34.6 Å². The van der Waals surface area contributed by atoms with Crippen LogP contribution in [0.4, 0.5) is 4.39 Å². The standard InChI is InChI=1S/C14H17ClFNO/c1-18-9-13-7-14(13,4-5-17-8-13)10-2-3-12(16)11(15)6-10/h2-3,6,17H,4-5,7-9H2,1H3/t13-,14-/m1/s1. The summed E-state index contributed by atoms with van der Waals surface area (Å²) in [5, 5.41) is 3.66. The van der Waals surface area contributed by atoms with E-state index in [2.05, 4.69) is 5.32 Å². The molecule has 0 bridgehead atoms. The molecule has 0 aromatic heterocycles. The lowest BCUT2D eigenvalue weighted by molar-refractivity contribution is 0.116. The van der Waals surface area contributed by atoms with Gasteiger partial charge in [-0.25, -0.2) is 4.39 Å². The van der Waals surface area contributed by atoms with E-state index in [4.69, 9.17) is 16.3 Å². The van der Waals surface area contributed by atoms with Crippen molar-refractivity contribution in [2.75, 3.05) is 26.8 Å². The molecule has 1 heterocycles. The van der Waals surface area contributed by atoms with Gasteiger partial charge in [0, 0.05) is 24.5 Å². The van der Waals surface area contributed by atoms with Crippen molar-refractivity contribution in [3.63, 3.8) is 0 Å². The van der Waals surface area contributed by atoms with E-state index in [-0.39, 0.29) is 21.7 Å². The molecule has 2 atom stereocenters. The highest BCUT2D eigenvalue weighted by atomic mass is 35.5. The molecule has 1 aromatic carbocycles. The molecule has 0 spiro atoms. The van der Waals surface area contributed by atoms with Gasteiger partial charge in [0.25, 0.3) is 0 Å². The van der Waals surface area contributed by atoms with Gasteiger partial charge in [-0.15, -0.1) is 0 Å². The van der Waals surface area contributed by atoms with Gasteiger partial charge in [-0.3, -0.25) is 0 Å². The van der Waals surface area contributed by atoms with Gasteiger partial charge in [0.15, 0.2) is 0 Å². The number of nitrogens with one attached hydrogen (secondary N) is 1. The molecular weight excluding hydrogens is 253 g/mol. The highest BCUT2D eigenvalue weighted by Gasteiger charge is 2.68. The van der Waals surface area contributed by atoms with Gasteiger partial charge in [-0.1, -0.05) is 17.7 Å². The molecule has 1 saturated heterocycles. The summed E-state index contributed by atoms with van der Waals surface area (Å²) in [5.74, 6) is -0.344. The summed E-state index contributed by atoms with van der Waals surface area (Å²) in [6.45, 7) is 2.71. The molecule has 3 rings (SSSR count). The summed E-state index contributed by atoms with van der Waals surface area (Å²) in [6, 6.07) is 5.15. The molecule has 2 fully saturated rings. The van der Waals surface area contributed by atoms with Gasteiger partial charge in [0.1, 0.15) is 5.82 Å². The van der Waals surface area contributed by atoms with Gasteiger partial charge in [-0.2, -0.15) is 0 Å². The Bertz CT molecular complexity index is 477. The van der Waals surface area contributed by atoms with Crippen LogP contribution >= 0.6 is 11.6 Å². The highest BCUT2D eigenvalue weighted by molar-refractivity contribution is 6.30. The first kappa shape index (κ1) is 12.4. The zero-order valence-electron chi connectivity index (χ0n) is 10.4. The number of hydrogen-bond donors (Lipinski definition) is 1. The minimum atomic E-state index is -0.344. The van der Waals surface area contributed by atoms with Crippen molar-refractivity contribution in [2.45, 2.75) is 18.3 Å². The van der Waals surface area contributed by atoms with Gasteiger partial charge in [0.2, 0.25) is 0 Å². The van der Waals surface area contributed by atoms with Crippen LogP contribution in [0, 0.1) is 11.2 Å². The van der Waals surface area contributed by atoms with Gasteiger partial charge in [-0.05, 0) is 37.1 Å². The largest absolute Gasteiger partial charge is 0.384 e. The molecule has 0 unspecified atom stereocenters. The van der Waals surface area contributed by atoms with Crippen LogP contribution in [-0.2, 0) is 10.2 Å². The normalized spacial score (nSPS) is 34.2. The van der Waals surface area contributed by atoms with Crippen LogP contribution in [-0.4, -0.2) is 26.8 Å². The lowest BCUT2D eigenvalue weighted by atomic mass is 9.81. The Balaban J connectivity index is 1.97. The number of methoxy groups -OCH3 is 1. The predicted octanol–water partition coefficient (Wildman–Crippen LogP) is 2.75. The molecule has 4 heteroatoms. The summed E-state index contributed by atoms with van der Waals surface area (Å²) >= 11 is 5.91. The Morgan fingerprint density at radius 1 is 1.50 bits per heavy atom. The number of hydrogen-bond acceptors (Lipinski definition) is 2. The number of benzene rings is 1. The Morgan fingerprint density at radius 3 is 3.06 bits per heavy atom. The van der Waals surface area contributed by atoms with Crippen molar-refractivity contribution in [3.8, 4) is 0 Å². The molecule has 1 N–H and O–H groups in total. The highest BCUT2D eigenvalue weighted by Crippen LogP contribution is 2.67. The van der Waals surface area contributed by atoms with Crippen molar-refractivity contribution < 1.29 is 9.13 Å². The minimum absolute atomic E-state index is 0.131. The third kappa shape index (κ3) is 1.61. The number of fused-ring (bicyclic) bond motifs is 1. The van der Waals surface area contributed by atoms with Crippen LogP contribution in [0.2, 0.25) is 5.02 Å². The Morgan fingerprint density at radius 2 is 2.33 bits per heavy atom. The molecule has 98 valence electrons. The minimum Gasteiger partial charge on any atom is -0.384 e. The number of halogens is 2. The van der Waals surface area contributed by atoms with Gasteiger partial charge in [0.05, 0.1) is 11.6 Å². The molecule has 1 aliphatic heterocycles. The third-order valence-corrected chi connectivity index (χ3v) is 4.90. The average Bonchev–Trinajstić information content (AvgIpc) is 3.03. The summed E-state index contributed by atoms with van der Waals surface area (Å²) < 4.78 is 18.7. The molecule has 2 aliphatic rings. The third-order valence-electron chi connectivity index (χ3n) is 4.62. The first-order valence-electron chi connectivity index (χ1n) is 6.29. The van der Waals surface area contributed by atoms with Crippen molar-refractivity contribution in [1.82, 2.24) is 5.32 Å². The van der Waals surface area contributed by atoms with Crippen LogP contribution in [0.15, 0.2) is 18.2 Å². The van der Waals surface area contributed by atoms with E-state index < -0.39 is 0 Å². The maximum atomic E-state index is 13.3. The quantitative estimate of drug-likeness (QED) is 0.911. The Hall–Kier alpha value is -0.640. The number of piperidine rings is 1. The maximum absolute atomic E-state index is 13.3. The van der Waals surface area contributed by atoms with Crippen molar-refractivity contribution in [2.24, 2.45) is 5.41 Å². The Kier molecular flexibility index (Phi) is 2.88. The maximum Gasteiger partial charge on any atom is 0.141 e.